The fourth-order valence-corrected chi connectivity index (χ4v) is 0. The molecule has 0 aromatic heterocycles. The van der Waals surface area contributed by atoms with Crippen molar-refractivity contribution in [1.29, 1.82) is 0 Å². The van der Waals surface area contributed by atoms with Crippen LogP contribution in [0.3, 0.4) is 0 Å². The van der Waals surface area contributed by atoms with E-state index in [0.29, 0.717) is 0 Å². The minimum Gasteiger partial charge on any atom is -0.822 e. The second-order valence-electron chi connectivity index (χ2n) is 0.894. The van der Waals surface area contributed by atoms with Crippen molar-refractivity contribution in [3.05, 3.63) is 0 Å². The van der Waals surface area contributed by atoms with Gasteiger partial charge in [0.25, 0.3) is 0 Å². The molecule has 0 aromatic carbocycles. The zero-order chi connectivity index (χ0) is 9.00. The van der Waals surface area contributed by atoms with Crippen LogP contribution in [0.4, 0.5) is 0 Å². The Hall–Kier alpha value is 4.22. The van der Waals surface area contributed by atoms with Crippen molar-refractivity contribution in [3.63, 3.8) is 0 Å². The summed E-state index contributed by atoms with van der Waals surface area (Å²) in [4.78, 5) is 51.3. The van der Waals surface area contributed by atoms with E-state index in [1.165, 1.54) is 0 Å². The molecule has 0 heterocycles. The van der Waals surface area contributed by atoms with Gasteiger partial charge in [0.2, 0.25) is 0 Å². The van der Waals surface area contributed by atoms with E-state index in [4.69, 9.17) is 38.5 Å². The molecule has 0 saturated heterocycles. The summed E-state index contributed by atoms with van der Waals surface area (Å²) in [6.07, 6.45) is 0. The van der Waals surface area contributed by atoms with Crippen LogP contribution < -0.4 is 148 Å². The van der Waals surface area contributed by atoms with Gasteiger partial charge in [-0.25, -0.2) is 0 Å². The van der Waals surface area contributed by atoms with E-state index in [-0.39, 0.29) is 118 Å². The molecule has 0 unspecified atom stereocenters. The zero-order valence-corrected chi connectivity index (χ0v) is 17.9. The van der Waals surface area contributed by atoms with Gasteiger partial charge in [0, 0.05) is 0 Å². The molecule has 0 radical (unpaired) electrons. The van der Waals surface area contributed by atoms with Crippen molar-refractivity contribution in [2.24, 2.45) is 0 Å². The summed E-state index contributed by atoms with van der Waals surface area (Å²) in [5, 5.41) is 0. The van der Waals surface area contributed by atoms with Gasteiger partial charge >= 0.3 is 118 Å². The maximum atomic E-state index is 8.55. The Bertz CT molecular complexity index is 132. The monoisotopic (exact) mass is 282 g/mol. The molecule has 8 nitrogen and oxygen atoms in total. The van der Waals surface area contributed by atoms with Crippen molar-refractivity contribution in [2.45, 2.75) is 0 Å². The third-order valence-electron chi connectivity index (χ3n) is 0. The molecule has 0 fully saturated rings. The first-order valence-corrected chi connectivity index (χ1v) is 4.38. The number of rotatable bonds is 0. The van der Waals surface area contributed by atoms with Gasteiger partial charge in [-0.3, -0.25) is 0 Å². The van der Waals surface area contributed by atoms with Crippen LogP contribution in [0.15, 0.2) is 0 Å². The summed E-state index contributed by atoms with van der Waals surface area (Å²) in [6.45, 7) is 0. The molecular formula is Na4O8P2-2. The Morgan fingerprint density at radius 1 is 0.500 bits per heavy atom. The van der Waals surface area contributed by atoms with E-state index in [1.54, 1.807) is 0 Å². The first-order valence-electron chi connectivity index (χ1n) is 1.46. The topological polar surface area (TPSA) is 172 Å². The van der Waals surface area contributed by atoms with Crippen molar-refractivity contribution in [2.75, 3.05) is 0 Å². The standard InChI is InChI=1S/4Na.2H3O4P/c;;;;2*1-5(2,3)4/h;;;;2*(H3,1,2,3,4)/q4*+1;;/p-6. The third kappa shape index (κ3) is 211. The second-order valence-corrected chi connectivity index (χ2v) is 2.68. The number of phosphoric acid groups is 2. The van der Waals surface area contributed by atoms with Crippen molar-refractivity contribution in [1.82, 2.24) is 0 Å². The van der Waals surface area contributed by atoms with Crippen LogP contribution in [0, 0.1) is 0 Å². The fraction of sp³-hybridized carbons (Fsp3) is 0. The smallest absolute Gasteiger partial charge is 0.822 e. The molecule has 14 heteroatoms. The van der Waals surface area contributed by atoms with Crippen LogP contribution in [0.25, 0.3) is 0 Å². The molecule has 0 aliphatic carbocycles. The Balaban J connectivity index is -0.0000000178. The summed E-state index contributed by atoms with van der Waals surface area (Å²) in [7, 11) is -10.8. The van der Waals surface area contributed by atoms with Crippen LogP contribution in [0.1, 0.15) is 0 Å². The van der Waals surface area contributed by atoms with Gasteiger partial charge < -0.3 is 38.5 Å². The summed E-state index contributed by atoms with van der Waals surface area (Å²) >= 11 is 0. The molecule has 14 heavy (non-hydrogen) atoms. The fourth-order valence-electron chi connectivity index (χ4n) is 0. The minimum absolute atomic E-state index is 0. The largest absolute Gasteiger partial charge is 1.00 e. The van der Waals surface area contributed by atoms with E-state index >= 15 is 0 Å². The number of hydrogen-bond acceptors (Lipinski definition) is 8. The Morgan fingerprint density at radius 3 is 0.500 bits per heavy atom. The first-order chi connectivity index (χ1) is 4.00. The predicted octanol–water partition coefficient (Wildman–Crippen LogP) is -17.6. The molecule has 0 atom stereocenters. The van der Waals surface area contributed by atoms with Gasteiger partial charge in [0.15, 0.2) is 0 Å². The molecule has 0 saturated carbocycles. The predicted molar refractivity (Wildman–Crippen MR) is 15.2 cm³/mol. The Kier molecular flexibility index (Phi) is 44.5. The molecule has 64 valence electrons. The molecule has 0 rings (SSSR count). The van der Waals surface area contributed by atoms with Crippen molar-refractivity contribution < 1.29 is 157 Å². The molecule has 0 aliphatic heterocycles. The SMILES string of the molecule is O=P([O-])([O-])[O-].O=P([O-])([O-])[O-].[Na+].[Na+].[Na+].[Na+]. The van der Waals surface area contributed by atoms with Gasteiger partial charge in [-0.2, -0.15) is 15.6 Å². The van der Waals surface area contributed by atoms with Gasteiger partial charge in [0.05, 0.1) is 0 Å². The van der Waals surface area contributed by atoms with Crippen LogP contribution in [0.2, 0.25) is 0 Å². The number of hydrogen-bond donors (Lipinski definition) is 0. The van der Waals surface area contributed by atoms with Gasteiger partial charge in [-0.15, -0.1) is 0 Å². The molecular weight excluding hydrogens is 282 g/mol. The van der Waals surface area contributed by atoms with E-state index in [1.807, 2.05) is 0 Å². The average molecular weight is 282 g/mol. The molecule has 0 spiro atoms. The molecule has 0 N–H and O–H groups in total. The van der Waals surface area contributed by atoms with Gasteiger partial charge in [-0.05, 0) is 0 Å². The Morgan fingerprint density at radius 2 is 0.500 bits per heavy atom. The van der Waals surface area contributed by atoms with Gasteiger partial charge in [-0.1, -0.05) is 0 Å². The first kappa shape index (κ1) is 36.2. The van der Waals surface area contributed by atoms with E-state index in [9.17, 15) is 0 Å². The summed E-state index contributed by atoms with van der Waals surface area (Å²) in [6, 6.07) is 0. The van der Waals surface area contributed by atoms with Gasteiger partial charge in [0.1, 0.15) is 0 Å². The van der Waals surface area contributed by atoms with E-state index < -0.39 is 15.6 Å². The van der Waals surface area contributed by atoms with Crippen LogP contribution in [-0.2, 0) is 9.13 Å². The summed E-state index contributed by atoms with van der Waals surface area (Å²) in [5.41, 5.74) is 0. The molecule has 0 amide bonds. The minimum atomic E-state index is -5.39. The van der Waals surface area contributed by atoms with E-state index in [0.717, 1.165) is 0 Å². The molecule has 0 aromatic rings. The molecule has 0 aliphatic rings. The normalized spacial score (nSPS) is 8.43. The maximum Gasteiger partial charge on any atom is 1.00 e. The summed E-state index contributed by atoms with van der Waals surface area (Å²) < 4.78 is 17.1. The van der Waals surface area contributed by atoms with Crippen LogP contribution >= 0.6 is 15.6 Å². The molecule has 0 bridgehead atoms. The third-order valence-corrected chi connectivity index (χ3v) is 0. The van der Waals surface area contributed by atoms with Crippen molar-refractivity contribution >= 4 is 15.6 Å². The average Bonchev–Trinajstić information content (AvgIpc) is 1.12. The Labute approximate surface area is 169 Å². The van der Waals surface area contributed by atoms with Crippen LogP contribution in [0.5, 0.6) is 0 Å². The van der Waals surface area contributed by atoms with E-state index in [2.05, 4.69) is 0 Å². The van der Waals surface area contributed by atoms with Crippen LogP contribution in [-0.4, -0.2) is 0 Å². The maximum absolute atomic E-state index is 8.55. The quantitative estimate of drug-likeness (QED) is 0.311. The second kappa shape index (κ2) is 17.2. The zero-order valence-electron chi connectivity index (χ0n) is 8.16. The van der Waals surface area contributed by atoms with Crippen molar-refractivity contribution in [3.8, 4) is 0 Å². The summed E-state index contributed by atoms with van der Waals surface area (Å²) in [5.74, 6) is 0.